The van der Waals surface area contributed by atoms with Crippen molar-refractivity contribution in [3.05, 3.63) is 29.8 Å². The van der Waals surface area contributed by atoms with Gasteiger partial charge in [0, 0.05) is 5.56 Å². The quantitative estimate of drug-likeness (QED) is 0.425. The van der Waals surface area contributed by atoms with Crippen LogP contribution in [0.2, 0.25) is 0 Å². The molecule has 0 fully saturated rings. The lowest BCUT2D eigenvalue weighted by Crippen LogP contribution is -2.04. The minimum absolute atomic E-state index is 0.448. The lowest BCUT2D eigenvalue weighted by molar-refractivity contribution is -0.437. The summed E-state index contributed by atoms with van der Waals surface area (Å²) in [5.41, 5.74) is 0.448. The smallest absolute Gasteiger partial charge is 0.249 e. The first-order valence-corrected chi connectivity index (χ1v) is 3.56. The molecule has 0 atom stereocenters. The summed E-state index contributed by atoms with van der Waals surface area (Å²) < 4.78 is 4.92. The Balaban J connectivity index is 2.86. The molecule has 0 radical (unpaired) electrons. The monoisotopic (exact) mass is 186 g/mol. The second-order valence-corrected chi connectivity index (χ2v) is 2.32. The number of methoxy groups -OCH3 is 1. The van der Waals surface area contributed by atoms with Crippen LogP contribution in [0.25, 0.3) is 0 Å². The Morgan fingerprint density at radius 3 is 2.46 bits per heavy atom. The zero-order valence-electron chi connectivity index (χ0n) is 7.01. The molecule has 0 saturated heterocycles. The van der Waals surface area contributed by atoms with Gasteiger partial charge < -0.3 is 4.74 Å². The van der Waals surface area contributed by atoms with Crippen molar-refractivity contribution in [2.45, 2.75) is 6.29 Å². The maximum Gasteiger partial charge on any atom is 0.249 e. The normalized spacial score (nSPS) is 10.5. The molecule has 0 aliphatic carbocycles. The molecule has 1 aromatic rings. The molecule has 13 heavy (non-hydrogen) atoms. The molecule has 0 saturated carbocycles. The molecular formula is C8H10O5. The van der Waals surface area contributed by atoms with Gasteiger partial charge >= 0.3 is 0 Å². The van der Waals surface area contributed by atoms with Crippen molar-refractivity contribution < 1.29 is 25.0 Å². The highest BCUT2D eigenvalue weighted by atomic mass is 17.2. The van der Waals surface area contributed by atoms with Crippen LogP contribution in [-0.4, -0.2) is 17.6 Å². The topological polar surface area (TPSA) is 68.2 Å². The molecule has 0 bridgehead atoms. The highest BCUT2D eigenvalue weighted by Crippen LogP contribution is 2.21. The fraction of sp³-hybridized carbons (Fsp3) is 0.250. The first-order valence-electron chi connectivity index (χ1n) is 3.56. The SMILES string of the molecule is COc1cccc(C(OO)OO)c1. The van der Waals surface area contributed by atoms with Crippen molar-refractivity contribution in [2.24, 2.45) is 0 Å². The van der Waals surface area contributed by atoms with E-state index in [0.717, 1.165) is 0 Å². The number of ether oxygens (including phenoxy) is 1. The summed E-state index contributed by atoms with van der Waals surface area (Å²) in [6.07, 6.45) is -1.21. The summed E-state index contributed by atoms with van der Waals surface area (Å²) in [5.74, 6) is 0.580. The third-order valence-electron chi connectivity index (χ3n) is 1.56. The van der Waals surface area contributed by atoms with E-state index in [9.17, 15) is 0 Å². The molecule has 72 valence electrons. The maximum atomic E-state index is 8.32. The minimum atomic E-state index is -1.21. The number of rotatable bonds is 4. The van der Waals surface area contributed by atoms with E-state index in [1.54, 1.807) is 24.3 Å². The largest absolute Gasteiger partial charge is 0.497 e. The zero-order chi connectivity index (χ0) is 9.68. The van der Waals surface area contributed by atoms with Gasteiger partial charge in [-0.05, 0) is 12.1 Å². The van der Waals surface area contributed by atoms with Crippen molar-refractivity contribution in [1.82, 2.24) is 0 Å². The van der Waals surface area contributed by atoms with Crippen molar-refractivity contribution >= 4 is 0 Å². The summed E-state index contributed by atoms with van der Waals surface area (Å²) in [7, 11) is 1.51. The molecule has 0 aromatic heterocycles. The summed E-state index contributed by atoms with van der Waals surface area (Å²) in [6, 6.07) is 6.57. The summed E-state index contributed by atoms with van der Waals surface area (Å²) in [5, 5.41) is 16.6. The van der Waals surface area contributed by atoms with Gasteiger partial charge in [0.05, 0.1) is 7.11 Å². The van der Waals surface area contributed by atoms with Crippen molar-refractivity contribution in [1.29, 1.82) is 0 Å². The van der Waals surface area contributed by atoms with E-state index in [4.69, 9.17) is 15.3 Å². The Morgan fingerprint density at radius 1 is 1.23 bits per heavy atom. The maximum absolute atomic E-state index is 8.32. The van der Waals surface area contributed by atoms with Gasteiger partial charge in [-0.3, -0.25) is 0 Å². The predicted molar refractivity (Wildman–Crippen MR) is 43.2 cm³/mol. The second-order valence-electron chi connectivity index (χ2n) is 2.32. The van der Waals surface area contributed by atoms with Gasteiger partial charge in [0.1, 0.15) is 5.75 Å². The Kier molecular flexibility index (Phi) is 3.66. The van der Waals surface area contributed by atoms with E-state index in [1.165, 1.54) is 7.11 Å². The average molecular weight is 186 g/mol. The van der Waals surface area contributed by atoms with Crippen LogP contribution in [0.15, 0.2) is 24.3 Å². The van der Waals surface area contributed by atoms with Gasteiger partial charge in [-0.25, -0.2) is 10.5 Å². The average Bonchev–Trinajstić information content (AvgIpc) is 2.20. The third-order valence-corrected chi connectivity index (χ3v) is 1.56. The lowest BCUT2D eigenvalue weighted by atomic mass is 10.2. The van der Waals surface area contributed by atoms with E-state index in [0.29, 0.717) is 11.3 Å². The van der Waals surface area contributed by atoms with E-state index in [2.05, 4.69) is 9.78 Å². The Labute approximate surface area is 74.9 Å². The fourth-order valence-electron chi connectivity index (χ4n) is 0.929. The summed E-state index contributed by atoms with van der Waals surface area (Å²) in [6.45, 7) is 0. The van der Waals surface area contributed by atoms with E-state index in [1.807, 2.05) is 0 Å². The van der Waals surface area contributed by atoms with Gasteiger partial charge in [0.15, 0.2) is 0 Å². The van der Waals surface area contributed by atoms with Crippen LogP contribution in [0.1, 0.15) is 11.9 Å². The highest BCUT2D eigenvalue weighted by Gasteiger charge is 2.12. The minimum Gasteiger partial charge on any atom is -0.497 e. The first-order chi connectivity index (χ1) is 6.31. The Morgan fingerprint density at radius 2 is 1.92 bits per heavy atom. The van der Waals surface area contributed by atoms with E-state index >= 15 is 0 Å². The van der Waals surface area contributed by atoms with Gasteiger partial charge in [-0.2, -0.15) is 9.78 Å². The van der Waals surface area contributed by atoms with Crippen LogP contribution in [0, 0.1) is 0 Å². The van der Waals surface area contributed by atoms with Gasteiger partial charge in [0.2, 0.25) is 6.29 Å². The first kappa shape index (κ1) is 9.94. The molecule has 5 heteroatoms. The molecule has 1 aromatic carbocycles. The van der Waals surface area contributed by atoms with Crippen molar-refractivity contribution in [3.8, 4) is 5.75 Å². The predicted octanol–water partition coefficient (Wildman–Crippen LogP) is 1.67. The van der Waals surface area contributed by atoms with Gasteiger partial charge in [-0.15, -0.1) is 0 Å². The summed E-state index contributed by atoms with van der Waals surface area (Å²) >= 11 is 0. The van der Waals surface area contributed by atoms with E-state index < -0.39 is 6.29 Å². The Hall–Kier alpha value is -1.14. The number of hydrogen-bond donors (Lipinski definition) is 2. The molecule has 0 amide bonds. The van der Waals surface area contributed by atoms with Crippen LogP contribution in [0.4, 0.5) is 0 Å². The molecule has 0 aliphatic rings. The Bertz CT molecular complexity index is 258. The lowest BCUT2D eigenvalue weighted by Gasteiger charge is -2.10. The van der Waals surface area contributed by atoms with Crippen LogP contribution >= 0.6 is 0 Å². The molecule has 1 rings (SSSR count). The van der Waals surface area contributed by atoms with Crippen LogP contribution in [-0.2, 0) is 9.78 Å². The van der Waals surface area contributed by atoms with Gasteiger partial charge in [-0.1, -0.05) is 12.1 Å². The van der Waals surface area contributed by atoms with Crippen molar-refractivity contribution in [3.63, 3.8) is 0 Å². The van der Waals surface area contributed by atoms with Crippen LogP contribution in [0.3, 0.4) is 0 Å². The summed E-state index contributed by atoms with van der Waals surface area (Å²) in [4.78, 5) is 7.71. The van der Waals surface area contributed by atoms with E-state index in [-0.39, 0.29) is 0 Å². The molecule has 0 unspecified atom stereocenters. The molecule has 2 N–H and O–H groups in total. The highest BCUT2D eigenvalue weighted by molar-refractivity contribution is 5.28. The standard InChI is InChI=1S/C8H10O5/c1-11-7-4-2-3-6(5-7)8(12-9)13-10/h2-5,8-10H,1H3. The molecule has 0 aliphatic heterocycles. The van der Waals surface area contributed by atoms with Gasteiger partial charge in [0.25, 0.3) is 0 Å². The molecule has 5 nitrogen and oxygen atoms in total. The van der Waals surface area contributed by atoms with Crippen LogP contribution < -0.4 is 4.74 Å². The van der Waals surface area contributed by atoms with Crippen LogP contribution in [0.5, 0.6) is 5.75 Å². The molecule has 0 heterocycles. The number of hydrogen-bond acceptors (Lipinski definition) is 5. The molecule has 0 spiro atoms. The third kappa shape index (κ3) is 2.40. The van der Waals surface area contributed by atoms with Crippen molar-refractivity contribution in [2.75, 3.05) is 7.11 Å². The zero-order valence-corrected chi connectivity index (χ0v) is 7.01. The number of benzene rings is 1. The molecular weight excluding hydrogens is 176 g/mol. The fourth-order valence-corrected chi connectivity index (χ4v) is 0.929. The second kappa shape index (κ2) is 4.78.